The molecule has 2 heterocycles. The van der Waals surface area contributed by atoms with Gasteiger partial charge >= 0.3 is 0 Å². The minimum absolute atomic E-state index is 0.763. The van der Waals surface area contributed by atoms with Gasteiger partial charge in [-0.1, -0.05) is 25.1 Å². The molecule has 2 aliphatic rings. The summed E-state index contributed by atoms with van der Waals surface area (Å²) in [7, 11) is 0. The molecule has 0 spiro atoms. The summed E-state index contributed by atoms with van der Waals surface area (Å²) in [4.78, 5) is 5.26. The first kappa shape index (κ1) is 10.2. The predicted molar refractivity (Wildman–Crippen MR) is 67.8 cm³/mol. The summed E-state index contributed by atoms with van der Waals surface area (Å²) in [5, 5.41) is 0. The van der Waals surface area contributed by atoms with Crippen LogP contribution in [0.5, 0.6) is 0 Å². The highest BCUT2D eigenvalue weighted by Gasteiger charge is 2.42. The van der Waals surface area contributed by atoms with Crippen molar-refractivity contribution in [3.63, 3.8) is 0 Å². The fraction of sp³-hybridized carbons (Fsp3) is 0.571. The van der Waals surface area contributed by atoms with E-state index in [0.29, 0.717) is 0 Å². The monoisotopic (exact) mass is 216 g/mol. The first-order valence-electron chi connectivity index (χ1n) is 6.44. The Morgan fingerprint density at radius 2 is 1.94 bits per heavy atom. The third kappa shape index (κ3) is 1.61. The first-order chi connectivity index (χ1) is 7.88. The Kier molecular flexibility index (Phi) is 2.60. The number of hydrogen-bond donors (Lipinski definition) is 0. The number of rotatable bonds is 3. The van der Waals surface area contributed by atoms with Gasteiger partial charge in [-0.25, -0.2) is 0 Å². The lowest BCUT2D eigenvalue weighted by atomic mass is 10.2. The summed E-state index contributed by atoms with van der Waals surface area (Å²) in [5.41, 5.74) is 1.41. The maximum absolute atomic E-state index is 2.67. The van der Waals surface area contributed by atoms with Gasteiger partial charge in [0.25, 0.3) is 0 Å². The highest BCUT2D eigenvalue weighted by atomic mass is 15.3. The molecular weight excluding hydrogens is 196 g/mol. The number of benzene rings is 1. The molecule has 0 amide bonds. The molecule has 2 nitrogen and oxygen atoms in total. The summed E-state index contributed by atoms with van der Waals surface area (Å²) in [6.45, 7) is 6.06. The molecule has 0 saturated carbocycles. The van der Waals surface area contributed by atoms with Gasteiger partial charge in [-0.15, -0.1) is 0 Å². The van der Waals surface area contributed by atoms with Gasteiger partial charge < -0.3 is 4.90 Å². The van der Waals surface area contributed by atoms with Crippen molar-refractivity contribution in [3.05, 3.63) is 30.3 Å². The first-order valence-corrected chi connectivity index (χ1v) is 6.44. The molecule has 1 aromatic carbocycles. The Hall–Kier alpha value is -1.02. The van der Waals surface area contributed by atoms with E-state index in [0.717, 1.165) is 12.1 Å². The van der Waals surface area contributed by atoms with Gasteiger partial charge in [0.15, 0.2) is 0 Å². The quantitative estimate of drug-likeness (QED) is 0.765. The second kappa shape index (κ2) is 4.10. The highest BCUT2D eigenvalue weighted by Crippen LogP contribution is 2.34. The van der Waals surface area contributed by atoms with Crippen LogP contribution in [-0.2, 0) is 0 Å². The molecule has 86 valence electrons. The molecule has 0 radical (unpaired) electrons. The molecule has 0 aromatic heterocycles. The van der Waals surface area contributed by atoms with Crippen LogP contribution >= 0.6 is 0 Å². The number of likely N-dealkylation sites (tertiary alicyclic amines) is 1. The van der Waals surface area contributed by atoms with E-state index in [2.05, 4.69) is 47.1 Å². The van der Waals surface area contributed by atoms with Gasteiger partial charge in [-0.05, 0) is 31.5 Å². The molecule has 2 bridgehead atoms. The third-order valence-electron chi connectivity index (χ3n) is 3.95. The molecule has 0 aliphatic carbocycles. The van der Waals surface area contributed by atoms with Crippen molar-refractivity contribution in [2.24, 2.45) is 0 Å². The Labute approximate surface area is 97.9 Å². The van der Waals surface area contributed by atoms with Crippen molar-refractivity contribution < 1.29 is 0 Å². The molecule has 3 rings (SSSR count). The number of para-hydroxylation sites is 1. The normalized spacial score (nSPS) is 28.9. The number of nitrogens with zero attached hydrogens (tertiary/aromatic N) is 2. The standard InChI is InChI=1S/C14H20N2/c1-2-8-15-10-14-9-13(15)11-16(14)12-6-4-3-5-7-12/h3-7,13-14H,2,8-11H2,1H3. The van der Waals surface area contributed by atoms with Crippen LogP contribution < -0.4 is 4.90 Å². The average Bonchev–Trinajstić information content (AvgIpc) is 2.90. The fourth-order valence-corrected chi connectivity index (χ4v) is 3.25. The van der Waals surface area contributed by atoms with Crippen LogP contribution in [0.3, 0.4) is 0 Å². The SMILES string of the molecule is CCCN1CC2CC1CN2c1ccccc1. The van der Waals surface area contributed by atoms with E-state index in [1.807, 2.05) is 0 Å². The number of piperazine rings is 1. The number of fused-ring (bicyclic) bond motifs is 2. The van der Waals surface area contributed by atoms with E-state index in [-0.39, 0.29) is 0 Å². The van der Waals surface area contributed by atoms with E-state index in [4.69, 9.17) is 0 Å². The molecule has 2 unspecified atom stereocenters. The van der Waals surface area contributed by atoms with Gasteiger partial charge in [-0.2, -0.15) is 0 Å². The molecule has 2 aliphatic heterocycles. The van der Waals surface area contributed by atoms with E-state index in [1.54, 1.807) is 0 Å². The topological polar surface area (TPSA) is 6.48 Å². The summed E-state index contributed by atoms with van der Waals surface area (Å²) < 4.78 is 0. The lowest BCUT2D eigenvalue weighted by Gasteiger charge is -2.35. The Balaban J connectivity index is 1.71. The molecule has 2 fully saturated rings. The van der Waals surface area contributed by atoms with Crippen LogP contribution in [0.4, 0.5) is 5.69 Å². The van der Waals surface area contributed by atoms with Crippen molar-refractivity contribution in [2.45, 2.75) is 31.8 Å². The van der Waals surface area contributed by atoms with Crippen LogP contribution in [0.25, 0.3) is 0 Å². The smallest absolute Gasteiger partial charge is 0.0433 e. The second-order valence-corrected chi connectivity index (χ2v) is 5.03. The molecule has 2 saturated heterocycles. The van der Waals surface area contributed by atoms with Gasteiger partial charge in [0.05, 0.1) is 0 Å². The Morgan fingerprint density at radius 3 is 2.56 bits per heavy atom. The number of anilines is 1. The van der Waals surface area contributed by atoms with Crippen molar-refractivity contribution in [1.29, 1.82) is 0 Å². The average molecular weight is 216 g/mol. The lowest BCUT2D eigenvalue weighted by Crippen LogP contribution is -2.46. The summed E-state index contributed by atoms with van der Waals surface area (Å²) in [6.07, 6.45) is 2.66. The van der Waals surface area contributed by atoms with Crippen LogP contribution in [0.15, 0.2) is 30.3 Å². The van der Waals surface area contributed by atoms with Gasteiger partial charge in [-0.3, -0.25) is 4.90 Å². The number of hydrogen-bond acceptors (Lipinski definition) is 2. The Bertz CT molecular complexity index is 349. The zero-order valence-corrected chi connectivity index (χ0v) is 9.97. The van der Waals surface area contributed by atoms with Crippen molar-refractivity contribution >= 4 is 5.69 Å². The molecular formula is C14H20N2. The van der Waals surface area contributed by atoms with Crippen LogP contribution in [-0.4, -0.2) is 36.6 Å². The van der Waals surface area contributed by atoms with E-state index >= 15 is 0 Å². The fourth-order valence-electron chi connectivity index (χ4n) is 3.25. The van der Waals surface area contributed by atoms with Crippen molar-refractivity contribution in [2.75, 3.05) is 24.5 Å². The lowest BCUT2D eigenvalue weighted by molar-refractivity contribution is 0.239. The Morgan fingerprint density at radius 1 is 1.12 bits per heavy atom. The molecule has 0 N–H and O–H groups in total. The minimum Gasteiger partial charge on any atom is -0.366 e. The van der Waals surface area contributed by atoms with Gasteiger partial charge in [0, 0.05) is 30.9 Å². The van der Waals surface area contributed by atoms with Crippen LogP contribution in [0.2, 0.25) is 0 Å². The molecule has 16 heavy (non-hydrogen) atoms. The maximum atomic E-state index is 2.67. The van der Waals surface area contributed by atoms with Gasteiger partial charge in [0.1, 0.15) is 0 Å². The summed E-state index contributed by atoms with van der Waals surface area (Å²) in [5.74, 6) is 0. The third-order valence-corrected chi connectivity index (χ3v) is 3.95. The molecule has 2 heteroatoms. The molecule has 1 aromatic rings. The predicted octanol–water partition coefficient (Wildman–Crippen LogP) is 2.36. The summed E-state index contributed by atoms with van der Waals surface area (Å²) >= 11 is 0. The second-order valence-electron chi connectivity index (χ2n) is 5.03. The maximum Gasteiger partial charge on any atom is 0.0433 e. The van der Waals surface area contributed by atoms with Crippen molar-refractivity contribution in [3.8, 4) is 0 Å². The van der Waals surface area contributed by atoms with Crippen LogP contribution in [0.1, 0.15) is 19.8 Å². The van der Waals surface area contributed by atoms with E-state index in [9.17, 15) is 0 Å². The molecule has 2 atom stereocenters. The van der Waals surface area contributed by atoms with Crippen LogP contribution in [0, 0.1) is 0 Å². The summed E-state index contributed by atoms with van der Waals surface area (Å²) in [6, 6.07) is 12.4. The van der Waals surface area contributed by atoms with Crippen molar-refractivity contribution in [1.82, 2.24) is 4.90 Å². The van der Waals surface area contributed by atoms with E-state index in [1.165, 1.54) is 38.2 Å². The highest BCUT2D eigenvalue weighted by molar-refractivity contribution is 5.49. The zero-order chi connectivity index (χ0) is 11.0. The van der Waals surface area contributed by atoms with E-state index < -0.39 is 0 Å². The zero-order valence-electron chi connectivity index (χ0n) is 9.97. The largest absolute Gasteiger partial charge is 0.366 e. The van der Waals surface area contributed by atoms with Gasteiger partial charge in [0.2, 0.25) is 0 Å². The minimum atomic E-state index is 0.763.